The summed E-state index contributed by atoms with van der Waals surface area (Å²) in [5.74, 6) is -1.40. The molecule has 0 aliphatic carbocycles. The van der Waals surface area contributed by atoms with Gasteiger partial charge in [-0.15, -0.1) is 11.8 Å². The minimum atomic E-state index is -1.03. The fourth-order valence-corrected chi connectivity index (χ4v) is 5.74. The summed E-state index contributed by atoms with van der Waals surface area (Å²) >= 11 is 5.89. The van der Waals surface area contributed by atoms with E-state index in [0.717, 1.165) is 16.7 Å². The average Bonchev–Trinajstić information content (AvgIpc) is 3.15. The Morgan fingerprint density at radius 1 is 1.17 bits per heavy atom. The molecule has 0 bridgehead atoms. The normalized spacial score (nSPS) is 23.8. The van der Waals surface area contributed by atoms with Gasteiger partial charge in [0.25, 0.3) is 0 Å². The number of aliphatic carboxylic acids is 1. The predicted molar refractivity (Wildman–Crippen MR) is 118 cm³/mol. The molecule has 1 unspecified atom stereocenters. The van der Waals surface area contributed by atoms with Crippen LogP contribution in [-0.2, 0) is 27.2 Å². The maximum Gasteiger partial charge on any atom is 0.327 e. The number of carbonyl (C=O) groups excluding carboxylic acids is 2. The molecule has 4 rings (SSSR count). The number of carboxylic acids is 1. The first kappa shape index (κ1) is 20.8. The summed E-state index contributed by atoms with van der Waals surface area (Å²) in [5.41, 5.74) is 2.86. The number of benzene rings is 2. The van der Waals surface area contributed by atoms with Gasteiger partial charge < -0.3 is 15.3 Å². The van der Waals surface area contributed by atoms with Gasteiger partial charge in [-0.25, -0.2) is 4.79 Å². The van der Waals surface area contributed by atoms with Gasteiger partial charge in [-0.1, -0.05) is 54.6 Å². The number of hydrogen-bond acceptors (Lipinski definition) is 5. The highest BCUT2D eigenvalue weighted by Crippen LogP contribution is 2.44. The highest BCUT2D eigenvalue weighted by molar-refractivity contribution is 7.99. The number of thiol groups is 1. The smallest absolute Gasteiger partial charge is 0.327 e. The van der Waals surface area contributed by atoms with E-state index in [-0.39, 0.29) is 17.2 Å². The largest absolute Gasteiger partial charge is 0.480 e. The number of fused-ring (bicyclic) bond motifs is 3. The molecular formula is C22H22N2O4S2. The quantitative estimate of drug-likeness (QED) is 0.619. The van der Waals surface area contributed by atoms with Gasteiger partial charge in [-0.3, -0.25) is 9.59 Å². The van der Waals surface area contributed by atoms with Crippen LogP contribution in [0.25, 0.3) is 0 Å². The first-order valence-corrected chi connectivity index (χ1v) is 11.3. The van der Waals surface area contributed by atoms with Crippen LogP contribution in [0, 0.1) is 0 Å². The molecule has 0 spiro atoms. The predicted octanol–water partition coefficient (Wildman–Crippen LogP) is 2.30. The molecule has 0 aromatic heterocycles. The van der Waals surface area contributed by atoms with Crippen molar-refractivity contribution in [3.05, 3.63) is 71.3 Å². The maximum atomic E-state index is 13.3. The fraction of sp³-hybridized carbons (Fsp3) is 0.318. The Morgan fingerprint density at radius 2 is 1.87 bits per heavy atom. The molecule has 30 heavy (non-hydrogen) atoms. The van der Waals surface area contributed by atoms with E-state index in [1.54, 1.807) is 0 Å². The minimum absolute atomic E-state index is 0.323. The van der Waals surface area contributed by atoms with Crippen LogP contribution in [0.3, 0.4) is 0 Å². The number of hydrogen-bond donors (Lipinski definition) is 3. The van der Waals surface area contributed by atoms with Crippen molar-refractivity contribution in [2.45, 2.75) is 35.5 Å². The molecule has 2 aliphatic rings. The van der Waals surface area contributed by atoms with Gasteiger partial charge in [-0.2, -0.15) is 12.6 Å². The van der Waals surface area contributed by atoms with Gasteiger partial charge in [0, 0.05) is 12.2 Å². The molecule has 1 fully saturated rings. The van der Waals surface area contributed by atoms with Crippen molar-refractivity contribution in [1.82, 2.24) is 10.2 Å². The van der Waals surface area contributed by atoms with Crippen LogP contribution < -0.4 is 5.32 Å². The molecule has 2 aromatic rings. The van der Waals surface area contributed by atoms with E-state index >= 15 is 0 Å². The van der Waals surface area contributed by atoms with E-state index < -0.39 is 23.3 Å². The highest BCUT2D eigenvalue weighted by Gasteiger charge is 2.47. The average molecular weight is 443 g/mol. The Kier molecular flexibility index (Phi) is 6.06. The van der Waals surface area contributed by atoms with Crippen molar-refractivity contribution in [3.8, 4) is 0 Å². The topological polar surface area (TPSA) is 86.7 Å². The van der Waals surface area contributed by atoms with Crippen molar-refractivity contribution in [3.63, 3.8) is 0 Å². The molecule has 1 saturated heterocycles. The summed E-state index contributed by atoms with van der Waals surface area (Å²) in [5, 5.41) is 11.5. The van der Waals surface area contributed by atoms with Crippen molar-refractivity contribution < 1.29 is 19.5 Å². The molecule has 2 aliphatic heterocycles. The van der Waals surface area contributed by atoms with E-state index in [0.29, 0.717) is 18.6 Å². The van der Waals surface area contributed by atoms with Crippen molar-refractivity contribution in [2.24, 2.45) is 0 Å². The number of carbonyl (C=O) groups is 3. The lowest BCUT2D eigenvalue weighted by atomic mass is 10.0. The summed E-state index contributed by atoms with van der Waals surface area (Å²) < 4.78 is 0. The van der Waals surface area contributed by atoms with Gasteiger partial charge in [-0.05, 0) is 23.1 Å². The molecule has 4 atom stereocenters. The van der Waals surface area contributed by atoms with Gasteiger partial charge in [0.15, 0.2) is 0 Å². The molecule has 2 N–H and O–H groups in total. The zero-order valence-corrected chi connectivity index (χ0v) is 17.8. The monoisotopic (exact) mass is 442 g/mol. The zero-order chi connectivity index (χ0) is 21.3. The summed E-state index contributed by atoms with van der Waals surface area (Å²) in [6.07, 6.45) is 0.764. The van der Waals surface area contributed by atoms with Gasteiger partial charge in [0.2, 0.25) is 11.8 Å². The van der Waals surface area contributed by atoms with Crippen LogP contribution in [-0.4, -0.2) is 50.9 Å². The first-order chi connectivity index (χ1) is 14.5. The third-order valence-electron chi connectivity index (χ3n) is 5.47. The Labute approximate surface area is 184 Å². The van der Waals surface area contributed by atoms with Crippen molar-refractivity contribution in [2.75, 3.05) is 5.75 Å². The number of carboxylic acid groups (broad SMARTS) is 1. The Balaban J connectivity index is 1.57. The number of thioether (sulfide) groups is 1. The van der Waals surface area contributed by atoms with Crippen LogP contribution in [0.2, 0.25) is 0 Å². The summed E-state index contributed by atoms with van der Waals surface area (Å²) in [4.78, 5) is 39.3. The number of nitrogens with one attached hydrogen (secondary N) is 1. The third-order valence-corrected chi connectivity index (χ3v) is 7.20. The second kappa shape index (κ2) is 8.73. The zero-order valence-electron chi connectivity index (χ0n) is 16.1. The van der Waals surface area contributed by atoms with Gasteiger partial charge in [0.1, 0.15) is 17.5 Å². The fourth-order valence-electron chi connectivity index (χ4n) is 3.96. The molecule has 0 saturated carbocycles. The molecule has 0 radical (unpaired) electrons. The lowest BCUT2D eigenvalue weighted by Crippen LogP contribution is -2.53. The van der Waals surface area contributed by atoms with Crippen LogP contribution in [0.1, 0.15) is 22.1 Å². The molecule has 2 heterocycles. The minimum Gasteiger partial charge on any atom is -0.480 e. The van der Waals surface area contributed by atoms with Gasteiger partial charge in [0.05, 0.1) is 5.25 Å². The Hall–Kier alpha value is -2.45. The van der Waals surface area contributed by atoms with Crippen LogP contribution >= 0.6 is 24.4 Å². The van der Waals surface area contributed by atoms with E-state index in [1.165, 1.54) is 16.7 Å². The van der Waals surface area contributed by atoms with Crippen LogP contribution in [0.5, 0.6) is 0 Å². The molecule has 2 amide bonds. The van der Waals surface area contributed by atoms with Crippen LogP contribution in [0.4, 0.5) is 0 Å². The second-order valence-corrected chi connectivity index (χ2v) is 9.19. The molecule has 2 aromatic carbocycles. The molecular weight excluding hydrogens is 420 g/mol. The standard InChI is InChI=1S/C22H22N2O4S2/c25-19(18(29)10-13-6-2-1-3-7-13)23-16-11-14-8-4-5-9-15(14)21-24(20(16)26)17(12-30-21)22(27)28/h1-9,16-18,21,29H,10-12H2,(H,23,25)(H,27,28)/t16-,17-,18?,21+/m0/s1. The summed E-state index contributed by atoms with van der Waals surface area (Å²) in [7, 11) is 0. The lowest BCUT2D eigenvalue weighted by Gasteiger charge is -2.29. The number of amides is 2. The Morgan fingerprint density at radius 3 is 2.60 bits per heavy atom. The third kappa shape index (κ3) is 4.06. The number of nitrogens with zero attached hydrogens (tertiary/aromatic N) is 1. The number of rotatable bonds is 5. The lowest BCUT2D eigenvalue weighted by molar-refractivity contribution is -0.150. The van der Waals surface area contributed by atoms with Crippen molar-refractivity contribution >= 4 is 42.2 Å². The van der Waals surface area contributed by atoms with E-state index in [2.05, 4.69) is 17.9 Å². The van der Waals surface area contributed by atoms with Crippen molar-refractivity contribution in [1.29, 1.82) is 0 Å². The summed E-state index contributed by atoms with van der Waals surface area (Å²) in [6, 6.07) is 15.5. The first-order valence-electron chi connectivity index (χ1n) is 9.72. The molecule has 8 heteroatoms. The molecule has 6 nitrogen and oxygen atoms in total. The summed E-state index contributed by atoms with van der Waals surface area (Å²) in [6.45, 7) is 0. The highest BCUT2D eigenvalue weighted by atomic mass is 32.2. The molecule has 156 valence electrons. The van der Waals surface area contributed by atoms with E-state index in [1.807, 2.05) is 54.6 Å². The Bertz CT molecular complexity index is 969. The van der Waals surface area contributed by atoms with E-state index in [9.17, 15) is 19.5 Å². The second-order valence-electron chi connectivity index (χ2n) is 7.45. The van der Waals surface area contributed by atoms with Crippen LogP contribution in [0.15, 0.2) is 54.6 Å². The van der Waals surface area contributed by atoms with Gasteiger partial charge >= 0.3 is 5.97 Å². The SMILES string of the molecule is O=C(N[C@H]1Cc2ccccc2[C@H]2SC[C@@H](C(=O)O)N2C1=O)C(S)Cc1ccccc1. The van der Waals surface area contributed by atoms with E-state index in [4.69, 9.17) is 0 Å². The maximum absolute atomic E-state index is 13.3.